The largest absolute Gasteiger partial charge is 0.435 e. The summed E-state index contributed by atoms with van der Waals surface area (Å²) in [6.45, 7) is 0.178. The van der Waals surface area contributed by atoms with Gasteiger partial charge in [-0.15, -0.1) is 0 Å². The van der Waals surface area contributed by atoms with Gasteiger partial charge in [0.15, 0.2) is 5.69 Å². The Kier molecular flexibility index (Phi) is 6.26. The van der Waals surface area contributed by atoms with Crippen molar-refractivity contribution in [2.45, 2.75) is 25.1 Å². The Morgan fingerprint density at radius 1 is 1.05 bits per heavy atom. The number of nitrogens with zero attached hydrogens (tertiary/aromatic N) is 2. The van der Waals surface area contributed by atoms with E-state index in [0.29, 0.717) is 11.3 Å². The van der Waals surface area contributed by atoms with Crippen molar-refractivity contribution in [3.05, 3.63) is 107 Å². The number of fused-ring (bicyclic) bond motifs is 1. The first kappa shape index (κ1) is 24.3. The highest BCUT2D eigenvalue weighted by molar-refractivity contribution is 6.03. The molecular formula is C27H22F3N5O2. The minimum absolute atomic E-state index is 0.124. The van der Waals surface area contributed by atoms with Crippen LogP contribution in [0, 0.1) is 0 Å². The number of para-hydroxylation sites is 1. The molecule has 0 saturated carbocycles. The Labute approximate surface area is 210 Å². The standard InChI is InChI=1S/C27H22F3N5O2/c28-27(29,30)24-14-23(35(34-24)19-8-3-5-16(11-19)15-31)26(37)32-18-7-4-6-17(12-18)21-13-25(36)33-22-10-2-1-9-20(21)22/h1-12,14,21H,13,15,31H2,(H,32,37)(H,33,36). The highest BCUT2D eigenvalue weighted by atomic mass is 19.4. The van der Waals surface area contributed by atoms with Crippen LogP contribution in [0.1, 0.15) is 45.2 Å². The Morgan fingerprint density at radius 3 is 2.62 bits per heavy atom. The molecule has 0 bridgehead atoms. The average molecular weight is 506 g/mol. The zero-order valence-corrected chi connectivity index (χ0v) is 19.4. The van der Waals surface area contributed by atoms with Crippen molar-refractivity contribution in [3.63, 3.8) is 0 Å². The van der Waals surface area contributed by atoms with Gasteiger partial charge in [-0.2, -0.15) is 18.3 Å². The number of carbonyl (C=O) groups excluding carboxylic acids is 2. The predicted molar refractivity (Wildman–Crippen MR) is 132 cm³/mol. The lowest BCUT2D eigenvalue weighted by molar-refractivity contribution is -0.141. The van der Waals surface area contributed by atoms with Gasteiger partial charge >= 0.3 is 6.18 Å². The summed E-state index contributed by atoms with van der Waals surface area (Å²) in [6, 6.07) is 21.6. The van der Waals surface area contributed by atoms with Gasteiger partial charge in [-0.1, -0.05) is 42.5 Å². The maximum atomic E-state index is 13.5. The topological polar surface area (TPSA) is 102 Å². The molecule has 10 heteroatoms. The van der Waals surface area contributed by atoms with Gasteiger partial charge in [-0.3, -0.25) is 9.59 Å². The normalized spacial score (nSPS) is 15.1. The van der Waals surface area contributed by atoms with Crippen LogP contribution in [0.2, 0.25) is 0 Å². The third kappa shape index (κ3) is 4.96. The average Bonchev–Trinajstić information content (AvgIpc) is 3.35. The summed E-state index contributed by atoms with van der Waals surface area (Å²) in [5.74, 6) is -1.12. The van der Waals surface area contributed by atoms with Crippen molar-refractivity contribution in [1.82, 2.24) is 9.78 Å². The van der Waals surface area contributed by atoms with Crippen LogP contribution in [0.25, 0.3) is 5.69 Å². The second kappa shape index (κ2) is 9.55. The van der Waals surface area contributed by atoms with Crippen molar-refractivity contribution in [2.24, 2.45) is 5.73 Å². The lowest BCUT2D eigenvalue weighted by atomic mass is 9.84. The number of halogens is 3. The lowest BCUT2D eigenvalue weighted by Gasteiger charge is -2.26. The summed E-state index contributed by atoms with van der Waals surface area (Å²) >= 11 is 0. The van der Waals surface area contributed by atoms with E-state index in [9.17, 15) is 22.8 Å². The van der Waals surface area contributed by atoms with E-state index >= 15 is 0 Å². The number of aromatic nitrogens is 2. The van der Waals surface area contributed by atoms with Gasteiger partial charge in [-0.05, 0) is 47.0 Å². The number of alkyl halides is 3. The molecule has 1 unspecified atom stereocenters. The van der Waals surface area contributed by atoms with Gasteiger partial charge in [-0.25, -0.2) is 4.68 Å². The molecule has 1 atom stereocenters. The first-order chi connectivity index (χ1) is 17.7. The van der Waals surface area contributed by atoms with Crippen LogP contribution in [0.3, 0.4) is 0 Å². The smallest absolute Gasteiger partial charge is 0.326 e. The molecule has 7 nitrogen and oxygen atoms in total. The van der Waals surface area contributed by atoms with E-state index in [1.165, 1.54) is 0 Å². The minimum Gasteiger partial charge on any atom is -0.326 e. The number of hydrogen-bond acceptors (Lipinski definition) is 4. The van der Waals surface area contributed by atoms with Crippen LogP contribution >= 0.6 is 0 Å². The predicted octanol–water partition coefficient (Wildman–Crippen LogP) is 5.08. The van der Waals surface area contributed by atoms with E-state index < -0.39 is 17.8 Å². The van der Waals surface area contributed by atoms with Crippen LogP contribution in [0.4, 0.5) is 24.5 Å². The molecule has 2 heterocycles. The van der Waals surface area contributed by atoms with E-state index in [0.717, 1.165) is 27.6 Å². The molecule has 3 aromatic carbocycles. The number of nitrogens with two attached hydrogens (primary N) is 1. The van der Waals surface area contributed by atoms with Crippen molar-refractivity contribution in [1.29, 1.82) is 0 Å². The lowest BCUT2D eigenvalue weighted by Crippen LogP contribution is -2.23. The fourth-order valence-corrected chi connectivity index (χ4v) is 4.43. The van der Waals surface area contributed by atoms with Gasteiger partial charge < -0.3 is 16.4 Å². The monoisotopic (exact) mass is 505 g/mol. The zero-order valence-electron chi connectivity index (χ0n) is 19.4. The number of anilines is 2. The quantitative estimate of drug-likeness (QED) is 0.352. The maximum absolute atomic E-state index is 13.5. The van der Waals surface area contributed by atoms with Gasteiger partial charge in [0.05, 0.1) is 5.69 Å². The second-order valence-corrected chi connectivity index (χ2v) is 8.67. The molecule has 1 aromatic heterocycles. The molecule has 0 aliphatic carbocycles. The number of rotatable bonds is 5. The van der Waals surface area contributed by atoms with Crippen LogP contribution < -0.4 is 16.4 Å². The van der Waals surface area contributed by atoms with Crippen LogP contribution in [-0.2, 0) is 17.5 Å². The first-order valence-corrected chi connectivity index (χ1v) is 11.5. The van der Waals surface area contributed by atoms with Gasteiger partial charge in [0.25, 0.3) is 5.91 Å². The van der Waals surface area contributed by atoms with Crippen LogP contribution in [-0.4, -0.2) is 21.6 Å². The first-order valence-electron chi connectivity index (χ1n) is 11.5. The molecule has 0 spiro atoms. The molecule has 188 valence electrons. The van der Waals surface area contributed by atoms with Gasteiger partial charge in [0, 0.05) is 36.3 Å². The summed E-state index contributed by atoms with van der Waals surface area (Å²) in [4.78, 5) is 25.5. The molecule has 4 aromatic rings. The Balaban J connectivity index is 1.48. The number of carbonyl (C=O) groups is 2. The third-order valence-corrected chi connectivity index (χ3v) is 6.17. The molecule has 0 radical (unpaired) electrons. The molecule has 1 aliphatic rings. The molecule has 0 fully saturated rings. The Bertz CT molecular complexity index is 1500. The summed E-state index contributed by atoms with van der Waals surface area (Å²) < 4.78 is 41.4. The number of benzene rings is 3. The molecule has 0 saturated heterocycles. The molecular weight excluding hydrogens is 483 g/mol. The fraction of sp³-hybridized carbons (Fsp3) is 0.148. The van der Waals surface area contributed by atoms with Gasteiger partial charge in [0.2, 0.25) is 5.91 Å². The van der Waals surface area contributed by atoms with Crippen molar-refractivity contribution < 1.29 is 22.8 Å². The van der Waals surface area contributed by atoms with Crippen molar-refractivity contribution >= 4 is 23.2 Å². The van der Waals surface area contributed by atoms with Crippen LogP contribution in [0.5, 0.6) is 0 Å². The molecule has 5 rings (SSSR count). The number of nitrogens with one attached hydrogen (secondary N) is 2. The van der Waals surface area contributed by atoms with E-state index in [4.69, 9.17) is 5.73 Å². The summed E-state index contributed by atoms with van der Waals surface area (Å²) in [6.07, 6.45) is -4.51. The van der Waals surface area contributed by atoms with Crippen molar-refractivity contribution in [2.75, 3.05) is 10.6 Å². The molecule has 1 aliphatic heterocycles. The maximum Gasteiger partial charge on any atom is 0.435 e. The number of amides is 2. The zero-order chi connectivity index (χ0) is 26.2. The van der Waals surface area contributed by atoms with Crippen molar-refractivity contribution in [3.8, 4) is 5.69 Å². The molecule has 2 amide bonds. The highest BCUT2D eigenvalue weighted by Crippen LogP contribution is 2.37. The summed E-state index contributed by atoms with van der Waals surface area (Å²) in [5.41, 5.74) is 8.00. The summed E-state index contributed by atoms with van der Waals surface area (Å²) in [5, 5.41) is 9.20. The Morgan fingerprint density at radius 2 is 1.84 bits per heavy atom. The Hall–Kier alpha value is -4.44. The van der Waals surface area contributed by atoms with E-state index in [2.05, 4.69) is 15.7 Å². The molecule has 4 N–H and O–H groups in total. The van der Waals surface area contributed by atoms with E-state index in [-0.39, 0.29) is 36.2 Å². The second-order valence-electron chi connectivity index (χ2n) is 8.67. The molecule has 37 heavy (non-hydrogen) atoms. The minimum atomic E-state index is -4.74. The fourth-order valence-electron chi connectivity index (χ4n) is 4.43. The van der Waals surface area contributed by atoms with E-state index in [1.54, 1.807) is 42.5 Å². The summed E-state index contributed by atoms with van der Waals surface area (Å²) in [7, 11) is 0. The van der Waals surface area contributed by atoms with Gasteiger partial charge in [0.1, 0.15) is 5.69 Å². The van der Waals surface area contributed by atoms with Crippen LogP contribution in [0.15, 0.2) is 78.9 Å². The SMILES string of the molecule is NCc1cccc(-n2nc(C(F)(F)F)cc2C(=O)Nc2cccc(C3CC(=O)Nc4ccccc43)c2)c1. The number of hydrogen-bond donors (Lipinski definition) is 3. The third-order valence-electron chi connectivity index (χ3n) is 6.17. The van der Waals surface area contributed by atoms with E-state index in [1.807, 2.05) is 30.3 Å². The highest BCUT2D eigenvalue weighted by Gasteiger charge is 2.36.